The van der Waals surface area contributed by atoms with Crippen molar-refractivity contribution in [2.75, 3.05) is 23.2 Å². The van der Waals surface area contributed by atoms with Gasteiger partial charge in [0.2, 0.25) is 5.91 Å². The third-order valence-electron chi connectivity index (χ3n) is 6.75. The molecular formula is C22H27N6NaO4S. The molecule has 1 aromatic heterocycles. The zero-order valence-corrected chi connectivity index (χ0v) is 22.6. The van der Waals surface area contributed by atoms with Crippen molar-refractivity contribution in [3.05, 3.63) is 45.4 Å². The van der Waals surface area contributed by atoms with Crippen LogP contribution in [0.25, 0.3) is 4.72 Å². The summed E-state index contributed by atoms with van der Waals surface area (Å²) in [4.78, 5) is 26.5. The number of likely N-dealkylation sites (tertiary alicyclic amines) is 1. The van der Waals surface area contributed by atoms with E-state index in [1.54, 1.807) is 14.1 Å². The third-order valence-corrected chi connectivity index (χ3v) is 8.15. The Labute approximate surface area is 221 Å². The number of hydrogen-bond acceptors (Lipinski definition) is 5. The second kappa shape index (κ2) is 9.52. The third kappa shape index (κ3) is 4.58. The second-order valence-electron chi connectivity index (χ2n) is 9.03. The standard InChI is InChI=1S/C22H28N6O4S.Na/c1-26-12-16(10-20(26)29)28(17-11-23-27(2)13-17)33(31,32)25-22(30)24-21-18-7-3-5-14(18)9-15-6-4-8-19(15)21;/h9,11,13,16H,3-8,10,12H2,1-2H3,(H2,24,25,30);/q;+1/p-1. The Kier molecular flexibility index (Phi) is 7.01. The predicted octanol–water partition coefficient (Wildman–Crippen LogP) is -0.711. The van der Waals surface area contributed by atoms with E-state index < -0.39 is 22.3 Å². The number of carbonyl (C=O) groups is 2. The molecule has 10 nitrogen and oxygen atoms in total. The predicted molar refractivity (Wildman–Crippen MR) is 124 cm³/mol. The van der Waals surface area contributed by atoms with Crippen LogP contribution in [0.4, 0.5) is 16.2 Å². The van der Waals surface area contributed by atoms with E-state index in [4.69, 9.17) is 0 Å². The van der Waals surface area contributed by atoms with Gasteiger partial charge in [-0.3, -0.25) is 18.6 Å². The number of fused-ring (bicyclic) bond motifs is 2. The van der Waals surface area contributed by atoms with Crippen LogP contribution in [0.2, 0.25) is 0 Å². The molecule has 1 aliphatic heterocycles. The molecule has 0 bridgehead atoms. The average molecular weight is 495 g/mol. The van der Waals surface area contributed by atoms with Gasteiger partial charge in [-0.2, -0.15) is 5.10 Å². The number of benzene rings is 1. The first-order valence-electron chi connectivity index (χ1n) is 11.2. The van der Waals surface area contributed by atoms with Crippen LogP contribution in [-0.4, -0.2) is 54.7 Å². The number of aryl methyl sites for hydroxylation is 3. The van der Waals surface area contributed by atoms with Gasteiger partial charge in [0.25, 0.3) is 10.2 Å². The number of rotatable bonds is 5. The van der Waals surface area contributed by atoms with Gasteiger partial charge >= 0.3 is 29.6 Å². The molecule has 1 aromatic carbocycles. The van der Waals surface area contributed by atoms with Gasteiger partial charge in [-0.1, -0.05) is 6.07 Å². The molecule has 2 aromatic rings. The molecule has 0 spiro atoms. The van der Waals surface area contributed by atoms with Crippen molar-refractivity contribution in [2.24, 2.45) is 7.05 Å². The maximum atomic E-state index is 13.3. The first kappa shape index (κ1) is 25.0. The van der Waals surface area contributed by atoms with E-state index >= 15 is 0 Å². The Morgan fingerprint density at radius 3 is 2.32 bits per heavy atom. The minimum absolute atomic E-state index is 0. The van der Waals surface area contributed by atoms with Gasteiger partial charge in [0.05, 0.1) is 24.3 Å². The smallest absolute Gasteiger partial charge is 0.423 e. The quantitative estimate of drug-likeness (QED) is 0.551. The van der Waals surface area contributed by atoms with Crippen molar-refractivity contribution < 1.29 is 47.6 Å². The van der Waals surface area contributed by atoms with Gasteiger partial charge in [-0.25, -0.2) is 8.42 Å². The molecule has 1 saturated heterocycles. The van der Waals surface area contributed by atoms with E-state index in [0.717, 1.165) is 59.6 Å². The molecule has 176 valence electrons. The summed E-state index contributed by atoms with van der Waals surface area (Å²) < 4.78 is 32.8. The Bertz CT molecular complexity index is 1210. The summed E-state index contributed by atoms with van der Waals surface area (Å²) >= 11 is 0. The molecule has 1 unspecified atom stereocenters. The molecular weight excluding hydrogens is 467 g/mol. The molecule has 0 saturated carbocycles. The molecule has 1 fully saturated rings. The molecule has 34 heavy (non-hydrogen) atoms. The molecule has 0 radical (unpaired) electrons. The fourth-order valence-corrected chi connectivity index (χ4v) is 6.52. The van der Waals surface area contributed by atoms with Gasteiger partial charge in [-0.05, 0) is 66.5 Å². The summed E-state index contributed by atoms with van der Waals surface area (Å²) in [5, 5.41) is 6.86. The Morgan fingerprint density at radius 2 is 1.79 bits per heavy atom. The maximum Gasteiger partial charge on any atom is 1.00 e. The van der Waals surface area contributed by atoms with Crippen molar-refractivity contribution in [1.29, 1.82) is 0 Å². The minimum Gasteiger partial charge on any atom is -0.423 e. The zero-order valence-electron chi connectivity index (χ0n) is 19.7. The van der Waals surface area contributed by atoms with E-state index in [1.165, 1.54) is 33.1 Å². The number of anilines is 2. The summed E-state index contributed by atoms with van der Waals surface area (Å²) in [6.07, 6.45) is 8.66. The molecule has 2 heterocycles. The Balaban J connectivity index is 0.00000274. The number of hydrogen-bond donors (Lipinski definition) is 1. The summed E-state index contributed by atoms with van der Waals surface area (Å²) in [6.45, 7) is 0.212. The zero-order chi connectivity index (χ0) is 23.3. The van der Waals surface area contributed by atoms with Crippen LogP contribution in [0, 0.1) is 0 Å². The van der Waals surface area contributed by atoms with E-state index in [0.29, 0.717) is 0 Å². The van der Waals surface area contributed by atoms with E-state index in [-0.39, 0.29) is 54.1 Å². The fraction of sp³-hybridized carbons (Fsp3) is 0.500. The number of amides is 3. The van der Waals surface area contributed by atoms with E-state index in [2.05, 4.69) is 21.2 Å². The summed E-state index contributed by atoms with van der Waals surface area (Å²) in [7, 11) is -1.14. The van der Waals surface area contributed by atoms with Crippen LogP contribution in [0.5, 0.6) is 0 Å². The van der Waals surface area contributed by atoms with Gasteiger partial charge < -0.3 is 14.9 Å². The fourth-order valence-electron chi connectivity index (χ4n) is 5.30. The number of urea groups is 1. The SMILES string of the molecule is CN1CC(N(c2cnn(C)c2)S(=O)(=O)[N-]C(=O)Nc2c3c(cc4c2CCC4)CCC3)CC1=O.[Na+]. The van der Waals surface area contributed by atoms with Crippen LogP contribution < -0.4 is 39.2 Å². The molecule has 12 heteroatoms. The Hall–Kier alpha value is -2.08. The van der Waals surface area contributed by atoms with Gasteiger partial charge in [-0.15, -0.1) is 0 Å². The van der Waals surface area contributed by atoms with E-state index in [1.807, 2.05) is 0 Å². The van der Waals surface area contributed by atoms with Crippen LogP contribution >= 0.6 is 0 Å². The summed E-state index contributed by atoms with van der Waals surface area (Å²) in [5.74, 6) is -0.163. The number of nitrogens with one attached hydrogen (secondary N) is 1. The first-order valence-corrected chi connectivity index (χ1v) is 12.6. The van der Waals surface area contributed by atoms with Crippen molar-refractivity contribution in [3.8, 4) is 0 Å². The summed E-state index contributed by atoms with van der Waals surface area (Å²) in [6, 6.07) is 0.654. The normalized spacial score (nSPS) is 18.9. The monoisotopic (exact) mass is 494 g/mol. The minimum atomic E-state index is -4.43. The molecule has 5 rings (SSSR count). The molecule has 1 N–H and O–H groups in total. The molecule has 3 amide bonds. The maximum absolute atomic E-state index is 13.3. The van der Waals surface area contributed by atoms with E-state index in [9.17, 15) is 18.0 Å². The molecule has 1 atom stereocenters. The second-order valence-corrected chi connectivity index (χ2v) is 10.5. The molecule has 2 aliphatic carbocycles. The van der Waals surface area contributed by atoms with Crippen molar-refractivity contribution in [2.45, 2.75) is 51.0 Å². The van der Waals surface area contributed by atoms with Crippen LogP contribution in [0.3, 0.4) is 0 Å². The topological polar surface area (TPSA) is 119 Å². The molecule has 3 aliphatic rings. The van der Waals surface area contributed by atoms with Crippen molar-refractivity contribution in [1.82, 2.24) is 14.7 Å². The number of nitrogens with zero attached hydrogens (tertiary/aromatic N) is 5. The van der Waals surface area contributed by atoms with Crippen LogP contribution in [-0.2, 0) is 47.7 Å². The van der Waals surface area contributed by atoms with Gasteiger partial charge in [0.15, 0.2) is 6.03 Å². The van der Waals surface area contributed by atoms with Gasteiger partial charge in [0.1, 0.15) is 0 Å². The largest absolute Gasteiger partial charge is 1.00 e. The van der Waals surface area contributed by atoms with Gasteiger partial charge in [0, 0.05) is 26.8 Å². The van der Waals surface area contributed by atoms with Crippen LogP contribution in [0.15, 0.2) is 18.5 Å². The number of aromatic nitrogens is 2. The number of likely N-dealkylation sites (N-methyl/N-ethyl adjacent to an activating group) is 1. The summed E-state index contributed by atoms with van der Waals surface area (Å²) in [5.41, 5.74) is 5.68. The Morgan fingerprint density at radius 1 is 1.15 bits per heavy atom. The van der Waals surface area contributed by atoms with Crippen molar-refractivity contribution in [3.63, 3.8) is 0 Å². The first-order chi connectivity index (χ1) is 15.7. The van der Waals surface area contributed by atoms with Crippen LogP contribution in [0.1, 0.15) is 41.5 Å². The number of carbonyl (C=O) groups excluding carboxylic acids is 2. The average Bonchev–Trinajstić information content (AvgIpc) is 3.51. The van der Waals surface area contributed by atoms with Crippen molar-refractivity contribution >= 4 is 33.5 Å².